The van der Waals surface area contributed by atoms with Gasteiger partial charge in [-0.1, -0.05) is 49.4 Å². The molecule has 0 heterocycles. The fraction of sp³-hybridized carbons (Fsp3) is 0.556. The molecule has 0 bridgehead atoms. The molecule has 144 valence electrons. The number of amides is 2. The quantitative estimate of drug-likeness (QED) is 0.680. The molecule has 26 heavy (non-hydrogen) atoms. The minimum atomic E-state index is -0.741. The Morgan fingerprint density at radius 3 is 2.27 bits per heavy atom. The molecule has 0 radical (unpaired) electrons. The van der Waals surface area contributed by atoms with E-state index in [-0.39, 0.29) is 27.1 Å². The minimum absolute atomic E-state index is 0.0241. The molecule has 6 nitrogen and oxygen atoms in total. The summed E-state index contributed by atoms with van der Waals surface area (Å²) >= 11 is 12.4. The molecule has 2 N–H and O–H groups in total. The molecule has 1 aromatic carbocycles. The zero-order chi connectivity index (χ0) is 19.3. The van der Waals surface area contributed by atoms with Crippen LogP contribution in [0.2, 0.25) is 10.0 Å². The van der Waals surface area contributed by atoms with Crippen molar-refractivity contribution < 1.29 is 19.1 Å². The fourth-order valence-corrected chi connectivity index (χ4v) is 3.48. The molecule has 1 fully saturated rings. The summed E-state index contributed by atoms with van der Waals surface area (Å²) < 4.78 is 10.1. The van der Waals surface area contributed by atoms with Crippen LogP contribution >= 0.6 is 23.2 Å². The number of ether oxygens (including phenoxy) is 2. The monoisotopic (exact) mass is 402 g/mol. The van der Waals surface area contributed by atoms with Crippen molar-refractivity contribution in [2.24, 2.45) is 5.41 Å². The molecule has 2 rings (SSSR count). The SMILES string of the molecule is COC(C)NC(=O)Oc1c(Cl)cc(NC(=O)C2(C)CCCCC2)cc1Cl. The van der Waals surface area contributed by atoms with E-state index in [4.69, 9.17) is 32.7 Å². The third-order valence-corrected chi connectivity index (χ3v) is 5.19. The van der Waals surface area contributed by atoms with Gasteiger partial charge in [0.2, 0.25) is 5.91 Å². The number of nitrogens with one attached hydrogen (secondary N) is 2. The Hall–Kier alpha value is -1.50. The van der Waals surface area contributed by atoms with Crippen molar-refractivity contribution in [3.63, 3.8) is 0 Å². The highest BCUT2D eigenvalue weighted by atomic mass is 35.5. The molecule has 2 amide bonds. The number of benzene rings is 1. The van der Waals surface area contributed by atoms with Gasteiger partial charge in [0.15, 0.2) is 5.75 Å². The van der Waals surface area contributed by atoms with Gasteiger partial charge in [0.25, 0.3) is 0 Å². The second-order valence-corrected chi connectivity index (χ2v) is 7.57. The highest BCUT2D eigenvalue weighted by Crippen LogP contribution is 2.39. The first kappa shape index (κ1) is 20.8. The maximum atomic E-state index is 12.6. The first-order valence-corrected chi connectivity index (χ1v) is 9.32. The third kappa shape index (κ3) is 5.25. The van der Waals surface area contributed by atoms with E-state index in [1.165, 1.54) is 19.2 Å². The molecule has 1 saturated carbocycles. The maximum Gasteiger partial charge on any atom is 0.414 e. The molecule has 0 spiro atoms. The van der Waals surface area contributed by atoms with Gasteiger partial charge in [-0.2, -0.15) is 0 Å². The molecular formula is C18H24Cl2N2O4. The summed E-state index contributed by atoms with van der Waals surface area (Å²) in [5, 5.41) is 5.58. The van der Waals surface area contributed by atoms with E-state index in [0.29, 0.717) is 5.69 Å². The summed E-state index contributed by atoms with van der Waals surface area (Å²) in [6.07, 6.45) is 3.72. The molecule has 0 aromatic heterocycles. The van der Waals surface area contributed by atoms with Crippen LogP contribution in [0, 0.1) is 5.41 Å². The smallest absolute Gasteiger partial charge is 0.407 e. The average Bonchev–Trinajstić information content (AvgIpc) is 2.58. The van der Waals surface area contributed by atoms with Crippen molar-refractivity contribution >= 4 is 40.9 Å². The van der Waals surface area contributed by atoms with E-state index in [1.54, 1.807) is 6.92 Å². The Morgan fingerprint density at radius 1 is 1.15 bits per heavy atom. The van der Waals surface area contributed by atoms with Crippen molar-refractivity contribution in [1.82, 2.24) is 5.32 Å². The van der Waals surface area contributed by atoms with E-state index in [0.717, 1.165) is 32.1 Å². The molecular weight excluding hydrogens is 379 g/mol. The van der Waals surface area contributed by atoms with Crippen LogP contribution in [0.5, 0.6) is 5.75 Å². The van der Waals surface area contributed by atoms with E-state index in [2.05, 4.69) is 10.6 Å². The Morgan fingerprint density at radius 2 is 1.73 bits per heavy atom. The van der Waals surface area contributed by atoms with Crippen LogP contribution in [0.15, 0.2) is 12.1 Å². The summed E-state index contributed by atoms with van der Waals surface area (Å²) in [4.78, 5) is 24.4. The second-order valence-electron chi connectivity index (χ2n) is 6.76. The number of halogens is 2. The van der Waals surface area contributed by atoms with Crippen molar-refractivity contribution in [3.8, 4) is 5.75 Å². The molecule has 1 aliphatic rings. The lowest BCUT2D eigenvalue weighted by Crippen LogP contribution is -2.36. The van der Waals surface area contributed by atoms with Gasteiger partial charge in [-0.25, -0.2) is 4.79 Å². The van der Waals surface area contributed by atoms with Gasteiger partial charge in [-0.15, -0.1) is 0 Å². The standard InChI is InChI=1S/C18H24Cl2N2O4/c1-11(25-3)21-17(24)26-15-13(19)9-12(10-14(15)20)22-16(23)18(2)7-5-4-6-8-18/h9-11H,4-8H2,1-3H3,(H,21,24)(H,22,23). The number of rotatable bonds is 5. The van der Waals surface area contributed by atoms with Crippen LogP contribution in [-0.2, 0) is 9.53 Å². The zero-order valence-corrected chi connectivity index (χ0v) is 16.7. The lowest BCUT2D eigenvalue weighted by Gasteiger charge is -2.32. The van der Waals surface area contributed by atoms with Crippen LogP contribution in [0.3, 0.4) is 0 Å². The number of carbonyl (C=O) groups is 2. The maximum absolute atomic E-state index is 12.6. The summed E-state index contributed by atoms with van der Waals surface area (Å²) in [6, 6.07) is 3.03. The Bertz CT molecular complexity index is 652. The number of anilines is 1. The Kier molecular flexibility index (Phi) is 7.15. The fourth-order valence-electron chi connectivity index (χ4n) is 2.92. The number of hydrogen-bond donors (Lipinski definition) is 2. The Labute approximate surface area is 163 Å². The normalized spacial score (nSPS) is 17.3. The van der Waals surface area contributed by atoms with Gasteiger partial charge in [0.05, 0.1) is 10.0 Å². The molecule has 1 aliphatic carbocycles. The Balaban J connectivity index is 2.08. The number of carbonyl (C=O) groups excluding carboxylic acids is 2. The highest BCUT2D eigenvalue weighted by Gasteiger charge is 2.34. The molecule has 0 saturated heterocycles. The van der Waals surface area contributed by atoms with E-state index < -0.39 is 12.3 Å². The molecule has 8 heteroatoms. The first-order chi connectivity index (χ1) is 12.2. The third-order valence-electron chi connectivity index (χ3n) is 4.63. The van der Waals surface area contributed by atoms with Crippen molar-refractivity contribution in [3.05, 3.63) is 22.2 Å². The van der Waals surface area contributed by atoms with Gasteiger partial charge >= 0.3 is 6.09 Å². The second kappa shape index (κ2) is 8.93. The minimum Gasteiger partial charge on any atom is -0.407 e. The van der Waals surface area contributed by atoms with Crippen LogP contribution in [0.25, 0.3) is 0 Å². The van der Waals surface area contributed by atoms with Crippen molar-refractivity contribution in [1.29, 1.82) is 0 Å². The predicted octanol–water partition coefficient (Wildman–Crippen LogP) is 4.98. The average molecular weight is 403 g/mol. The summed E-state index contributed by atoms with van der Waals surface area (Å²) in [5.74, 6) is -0.0272. The van der Waals surface area contributed by atoms with Gasteiger partial charge < -0.3 is 14.8 Å². The molecule has 0 aliphatic heterocycles. The summed E-state index contributed by atoms with van der Waals surface area (Å²) in [7, 11) is 1.45. The van der Waals surface area contributed by atoms with Crippen LogP contribution in [-0.4, -0.2) is 25.3 Å². The lowest BCUT2D eigenvalue weighted by molar-refractivity contribution is -0.126. The largest absolute Gasteiger partial charge is 0.414 e. The van der Waals surface area contributed by atoms with E-state index in [1.807, 2.05) is 6.92 Å². The van der Waals surface area contributed by atoms with Crippen molar-refractivity contribution in [2.45, 2.75) is 52.2 Å². The summed E-state index contributed by atoms with van der Waals surface area (Å²) in [5.41, 5.74) is 0.0811. The van der Waals surface area contributed by atoms with Gasteiger partial charge in [-0.05, 0) is 31.9 Å². The van der Waals surface area contributed by atoms with Crippen LogP contribution in [0.1, 0.15) is 46.0 Å². The highest BCUT2D eigenvalue weighted by molar-refractivity contribution is 6.38. The van der Waals surface area contributed by atoms with Crippen LogP contribution in [0.4, 0.5) is 10.5 Å². The predicted molar refractivity (Wildman–Crippen MR) is 102 cm³/mol. The van der Waals surface area contributed by atoms with Gasteiger partial charge in [0.1, 0.15) is 6.23 Å². The molecule has 1 unspecified atom stereocenters. The number of hydrogen-bond acceptors (Lipinski definition) is 4. The molecule has 1 atom stereocenters. The lowest BCUT2D eigenvalue weighted by atomic mass is 9.75. The van der Waals surface area contributed by atoms with Crippen LogP contribution < -0.4 is 15.4 Å². The molecule has 1 aromatic rings. The van der Waals surface area contributed by atoms with E-state index >= 15 is 0 Å². The topological polar surface area (TPSA) is 76.7 Å². The first-order valence-electron chi connectivity index (χ1n) is 8.57. The summed E-state index contributed by atoms with van der Waals surface area (Å²) in [6.45, 7) is 3.62. The van der Waals surface area contributed by atoms with Gasteiger partial charge in [0, 0.05) is 18.2 Å². The van der Waals surface area contributed by atoms with E-state index in [9.17, 15) is 9.59 Å². The zero-order valence-electron chi connectivity index (χ0n) is 15.2. The van der Waals surface area contributed by atoms with Crippen molar-refractivity contribution in [2.75, 3.05) is 12.4 Å². The van der Waals surface area contributed by atoms with Gasteiger partial charge in [-0.3, -0.25) is 10.1 Å². The number of methoxy groups -OCH3 is 1.